The molecule has 0 saturated heterocycles. The Morgan fingerprint density at radius 2 is 1.64 bits per heavy atom. The molecule has 0 fully saturated rings. The molecular weight excluding hydrogens is 236 g/mol. The molecule has 0 heterocycles. The van der Waals surface area contributed by atoms with Gasteiger partial charge in [0.15, 0.2) is 0 Å². The molecule has 0 aliphatic carbocycles. The number of alkyl halides is 1. The highest BCUT2D eigenvalue weighted by Crippen LogP contribution is 2.28. The summed E-state index contributed by atoms with van der Waals surface area (Å²) in [4.78, 5) is 0.587. The smallest absolute Gasteiger partial charge is 0.0209 e. The van der Waals surface area contributed by atoms with Crippen molar-refractivity contribution in [3.63, 3.8) is 0 Å². The molecular formula is C13H19Br. The first-order valence-electron chi connectivity index (χ1n) is 5.26. The zero-order valence-corrected chi connectivity index (χ0v) is 11.1. The number of benzene rings is 1. The molecule has 0 amide bonds. The van der Waals surface area contributed by atoms with Crippen molar-refractivity contribution >= 4 is 15.9 Å². The topological polar surface area (TPSA) is 0 Å². The standard InChI is InChI=1S/C13H19Br/c1-5-13(14)11(4)12-7-9(2)6-10(3)8-12/h6-8,11,13H,5H2,1-4H3. The van der Waals surface area contributed by atoms with E-state index in [1.807, 2.05) is 0 Å². The maximum absolute atomic E-state index is 3.73. The first kappa shape index (κ1) is 11.8. The van der Waals surface area contributed by atoms with Crippen LogP contribution in [-0.4, -0.2) is 4.83 Å². The lowest BCUT2D eigenvalue weighted by atomic mass is 9.93. The van der Waals surface area contributed by atoms with Crippen LogP contribution in [0.4, 0.5) is 0 Å². The van der Waals surface area contributed by atoms with Crippen LogP contribution in [0.25, 0.3) is 0 Å². The van der Waals surface area contributed by atoms with Crippen molar-refractivity contribution < 1.29 is 0 Å². The lowest BCUT2D eigenvalue weighted by Crippen LogP contribution is -2.08. The molecule has 1 heteroatoms. The van der Waals surface area contributed by atoms with Crippen LogP contribution in [0, 0.1) is 13.8 Å². The van der Waals surface area contributed by atoms with Crippen LogP contribution >= 0.6 is 15.9 Å². The lowest BCUT2D eigenvalue weighted by Gasteiger charge is -2.18. The maximum atomic E-state index is 3.73. The van der Waals surface area contributed by atoms with Gasteiger partial charge in [-0.25, -0.2) is 0 Å². The molecule has 0 nitrogen and oxygen atoms in total. The summed E-state index contributed by atoms with van der Waals surface area (Å²) in [5, 5.41) is 0. The Morgan fingerprint density at radius 1 is 1.14 bits per heavy atom. The van der Waals surface area contributed by atoms with Gasteiger partial charge in [-0.15, -0.1) is 0 Å². The van der Waals surface area contributed by atoms with Gasteiger partial charge >= 0.3 is 0 Å². The molecule has 0 aliphatic rings. The van der Waals surface area contributed by atoms with E-state index in [9.17, 15) is 0 Å². The maximum Gasteiger partial charge on any atom is 0.0209 e. The second-order valence-electron chi connectivity index (χ2n) is 4.13. The van der Waals surface area contributed by atoms with Gasteiger partial charge in [-0.1, -0.05) is 59.1 Å². The predicted molar refractivity (Wildman–Crippen MR) is 67.3 cm³/mol. The van der Waals surface area contributed by atoms with Crippen LogP contribution < -0.4 is 0 Å². The normalized spacial score (nSPS) is 15.2. The van der Waals surface area contributed by atoms with Gasteiger partial charge < -0.3 is 0 Å². The van der Waals surface area contributed by atoms with Gasteiger partial charge in [0.2, 0.25) is 0 Å². The lowest BCUT2D eigenvalue weighted by molar-refractivity contribution is 0.693. The van der Waals surface area contributed by atoms with Crippen LogP contribution in [0.15, 0.2) is 18.2 Å². The summed E-state index contributed by atoms with van der Waals surface area (Å²) in [7, 11) is 0. The molecule has 1 aromatic rings. The minimum absolute atomic E-state index is 0.587. The van der Waals surface area contributed by atoms with E-state index < -0.39 is 0 Å². The second kappa shape index (κ2) is 4.97. The number of aryl methyl sites for hydroxylation is 2. The van der Waals surface area contributed by atoms with Gasteiger partial charge in [0, 0.05) is 4.83 Å². The highest BCUT2D eigenvalue weighted by Gasteiger charge is 2.14. The van der Waals surface area contributed by atoms with Crippen molar-refractivity contribution in [2.24, 2.45) is 0 Å². The molecule has 0 aliphatic heterocycles. The van der Waals surface area contributed by atoms with E-state index in [1.165, 1.54) is 23.1 Å². The van der Waals surface area contributed by atoms with Crippen LogP contribution in [0.2, 0.25) is 0 Å². The predicted octanol–water partition coefficient (Wildman–Crippen LogP) is 4.58. The van der Waals surface area contributed by atoms with E-state index in [-0.39, 0.29) is 0 Å². The minimum Gasteiger partial charge on any atom is -0.0884 e. The molecule has 0 aromatic heterocycles. The number of halogens is 1. The average Bonchev–Trinajstić information content (AvgIpc) is 2.14. The van der Waals surface area contributed by atoms with Crippen LogP contribution in [0.5, 0.6) is 0 Å². The third-order valence-electron chi connectivity index (χ3n) is 2.70. The first-order valence-corrected chi connectivity index (χ1v) is 6.18. The van der Waals surface area contributed by atoms with Gasteiger partial charge in [-0.2, -0.15) is 0 Å². The third kappa shape index (κ3) is 2.84. The Hall–Kier alpha value is -0.300. The monoisotopic (exact) mass is 254 g/mol. The Kier molecular flexibility index (Phi) is 4.18. The molecule has 1 rings (SSSR count). The van der Waals surface area contributed by atoms with Crippen molar-refractivity contribution in [2.75, 3.05) is 0 Å². The molecule has 0 bridgehead atoms. The molecule has 78 valence electrons. The second-order valence-corrected chi connectivity index (χ2v) is 5.31. The average molecular weight is 255 g/mol. The molecule has 1 aromatic carbocycles. The Labute approximate surface area is 95.9 Å². The van der Waals surface area contributed by atoms with Gasteiger partial charge in [0.25, 0.3) is 0 Å². The van der Waals surface area contributed by atoms with Gasteiger partial charge in [-0.3, -0.25) is 0 Å². The number of hydrogen-bond donors (Lipinski definition) is 0. The van der Waals surface area contributed by atoms with E-state index in [0.29, 0.717) is 10.7 Å². The SMILES string of the molecule is CCC(Br)C(C)c1cc(C)cc(C)c1. The van der Waals surface area contributed by atoms with E-state index in [4.69, 9.17) is 0 Å². The Bertz CT molecular complexity index is 284. The largest absolute Gasteiger partial charge is 0.0884 e. The summed E-state index contributed by atoms with van der Waals surface area (Å²) in [5.74, 6) is 0.596. The summed E-state index contributed by atoms with van der Waals surface area (Å²) >= 11 is 3.73. The van der Waals surface area contributed by atoms with E-state index in [1.54, 1.807) is 0 Å². The highest BCUT2D eigenvalue weighted by atomic mass is 79.9. The van der Waals surface area contributed by atoms with Gasteiger partial charge in [0.05, 0.1) is 0 Å². The van der Waals surface area contributed by atoms with E-state index in [2.05, 4.69) is 61.8 Å². The zero-order chi connectivity index (χ0) is 10.7. The molecule has 2 unspecified atom stereocenters. The highest BCUT2D eigenvalue weighted by molar-refractivity contribution is 9.09. The Balaban J connectivity index is 2.94. The zero-order valence-electron chi connectivity index (χ0n) is 9.47. The van der Waals surface area contributed by atoms with Crippen LogP contribution in [-0.2, 0) is 0 Å². The fourth-order valence-electron chi connectivity index (χ4n) is 1.84. The van der Waals surface area contributed by atoms with Crippen LogP contribution in [0.3, 0.4) is 0 Å². The molecule has 0 radical (unpaired) electrons. The summed E-state index contributed by atoms with van der Waals surface area (Å²) in [6.07, 6.45) is 1.17. The summed E-state index contributed by atoms with van der Waals surface area (Å²) in [5.41, 5.74) is 4.18. The van der Waals surface area contributed by atoms with Crippen molar-refractivity contribution in [1.82, 2.24) is 0 Å². The first-order chi connectivity index (χ1) is 6.54. The molecule has 2 atom stereocenters. The van der Waals surface area contributed by atoms with Crippen molar-refractivity contribution in [2.45, 2.75) is 44.9 Å². The molecule has 14 heavy (non-hydrogen) atoms. The van der Waals surface area contributed by atoms with Gasteiger partial charge in [0.1, 0.15) is 0 Å². The summed E-state index contributed by atoms with van der Waals surface area (Å²) in [6, 6.07) is 6.81. The fraction of sp³-hybridized carbons (Fsp3) is 0.538. The summed E-state index contributed by atoms with van der Waals surface area (Å²) in [6.45, 7) is 8.84. The van der Waals surface area contributed by atoms with E-state index >= 15 is 0 Å². The Morgan fingerprint density at radius 3 is 2.07 bits per heavy atom. The van der Waals surface area contributed by atoms with Gasteiger partial charge in [-0.05, 0) is 31.7 Å². The van der Waals surface area contributed by atoms with Crippen molar-refractivity contribution in [1.29, 1.82) is 0 Å². The fourth-order valence-corrected chi connectivity index (χ4v) is 2.14. The number of hydrogen-bond acceptors (Lipinski definition) is 0. The molecule has 0 N–H and O–H groups in total. The molecule has 0 spiro atoms. The quantitative estimate of drug-likeness (QED) is 0.693. The van der Waals surface area contributed by atoms with Crippen LogP contribution in [0.1, 0.15) is 42.9 Å². The number of rotatable bonds is 3. The minimum atomic E-state index is 0.587. The molecule has 0 saturated carbocycles. The van der Waals surface area contributed by atoms with Crippen molar-refractivity contribution in [3.8, 4) is 0 Å². The van der Waals surface area contributed by atoms with Crippen molar-refractivity contribution in [3.05, 3.63) is 34.9 Å². The van der Waals surface area contributed by atoms with E-state index in [0.717, 1.165) is 0 Å². The third-order valence-corrected chi connectivity index (χ3v) is 4.14. The summed E-state index contributed by atoms with van der Waals surface area (Å²) < 4.78 is 0.